The molecule has 1 aromatic rings. The van der Waals surface area contributed by atoms with E-state index in [0.29, 0.717) is 18.1 Å². The molecule has 0 spiro atoms. The summed E-state index contributed by atoms with van der Waals surface area (Å²) in [5, 5.41) is 0. The van der Waals surface area contributed by atoms with Crippen molar-refractivity contribution in [2.75, 3.05) is 26.6 Å². The van der Waals surface area contributed by atoms with E-state index in [-0.39, 0.29) is 17.2 Å². The second-order valence-corrected chi connectivity index (χ2v) is 5.57. The summed E-state index contributed by atoms with van der Waals surface area (Å²) in [5.41, 5.74) is 0. The lowest BCUT2D eigenvalue weighted by Crippen LogP contribution is -2.25. The topological polar surface area (TPSA) is 64.6 Å². The van der Waals surface area contributed by atoms with Crippen LogP contribution in [0.5, 0.6) is 11.5 Å². The Morgan fingerprint density at radius 1 is 1.28 bits per heavy atom. The van der Waals surface area contributed by atoms with Crippen LogP contribution in [0.3, 0.4) is 0 Å². The standard InChI is InChI=1S/C11H16ClNO4S/c1-16-9-4-5-10(17-2)11(8-9)18(14,15)13-7-3-6-12/h4-5,8,13H,3,6-7H2,1-2H3. The number of hydrogen-bond acceptors (Lipinski definition) is 4. The molecule has 7 heteroatoms. The predicted molar refractivity (Wildman–Crippen MR) is 70.1 cm³/mol. The van der Waals surface area contributed by atoms with Gasteiger partial charge >= 0.3 is 0 Å². The van der Waals surface area contributed by atoms with Crippen molar-refractivity contribution in [1.82, 2.24) is 4.72 Å². The van der Waals surface area contributed by atoms with E-state index < -0.39 is 10.0 Å². The summed E-state index contributed by atoms with van der Waals surface area (Å²) < 4.78 is 36.6. The molecule has 0 amide bonds. The Balaban J connectivity index is 3.05. The second-order valence-electron chi connectivity index (χ2n) is 3.46. The minimum absolute atomic E-state index is 0.0546. The Hall–Kier alpha value is -0.980. The van der Waals surface area contributed by atoms with Crippen LogP contribution in [0.4, 0.5) is 0 Å². The number of benzene rings is 1. The molecule has 0 atom stereocenters. The first kappa shape index (κ1) is 15.1. The van der Waals surface area contributed by atoms with Crippen LogP contribution in [0.25, 0.3) is 0 Å². The molecule has 1 rings (SSSR count). The van der Waals surface area contributed by atoms with Gasteiger partial charge in [0.15, 0.2) is 0 Å². The maximum atomic E-state index is 12.1. The third-order valence-corrected chi connectivity index (χ3v) is 4.01. The monoisotopic (exact) mass is 293 g/mol. The molecule has 0 radical (unpaired) electrons. The first-order chi connectivity index (χ1) is 8.55. The van der Waals surface area contributed by atoms with E-state index in [4.69, 9.17) is 21.1 Å². The molecule has 1 aromatic carbocycles. The van der Waals surface area contributed by atoms with Crippen LogP contribution in [0.1, 0.15) is 6.42 Å². The van der Waals surface area contributed by atoms with E-state index in [2.05, 4.69) is 4.72 Å². The average Bonchev–Trinajstić information content (AvgIpc) is 2.38. The summed E-state index contributed by atoms with van der Waals surface area (Å²) in [4.78, 5) is 0.0546. The highest BCUT2D eigenvalue weighted by molar-refractivity contribution is 7.89. The number of hydrogen-bond donors (Lipinski definition) is 1. The van der Waals surface area contributed by atoms with Crippen molar-refractivity contribution >= 4 is 21.6 Å². The van der Waals surface area contributed by atoms with Crippen molar-refractivity contribution in [3.63, 3.8) is 0 Å². The van der Waals surface area contributed by atoms with Crippen LogP contribution in [0, 0.1) is 0 Å². The molecule has 0 bridgehead atoms. The molecule has 5 nitrogen and oxygen atoms in total. The first-order valence-corrected chi connectivity index (χ1v) is 7.34. The fourth-order valence-corrected chi connectivity index (χ4v) is 2.73. The van der Waals surface area contributed by atoms with Gasteiger partial charge in [0.05, 0.1) is 14.2 Å². The van der Waals surface area contributed by atoms with Gasteiger partial charge in [0.1, 0.15) is 16.4 Å². The molecule has 1 N–H and O–H groups in total. The van der Waals surface area contributed by atoms with Crippen molar-refractivity contribution in [1.29, 1.82) is 0 Å². The molecule has 0 saturated heterocycles. The van der Waals surface area contributed by atoms with Crippen molar-refractivity contribution in [2.45, 2.75) is 11.3 Å². The van der Waals surface area contributed by atoms with E-state index in [9.17, 15) is 8.42 Å². The van der Waals surface area contributed by atoms with E-state index in [1.165, 1.54) is 20.3 Å². The van der Waals surface area contributed by atoms with E-state index in [1.807, 2.05) is 0 Å². The summed E-state index contributed by atoms with van der Waals surface area (Å²) in [7, 11) is -0.734. The van der Waals surface area contributed by atoms with Crippen LogP contribution in [0.15, 0.2) is 23.1 Å². The Kier molecular flexibility index (Phi) is 5.71. The fourth-order valence-electron chi connectivity index (χ4n) is 1.35. The van der Waals surface area contributed by atoms with Crippen LogP contribution in [-0.2, 0) is 10.0 Å². The Bertz CT molecular complexity index is 490. The number of nitrogens with one attached hydrogen (secondary N) is 1. The first-order valence-electron chi connectivity index (χ1n) is 5.33. The summed E-state index contributed by atoms with van der Waals surface area (Å²) in [6.07, 6.45) is 0.563. The van der Waals surface area contributed by atoms with Crippen LogP contribution >= 0.6 is 11.6 Å². The normalized spacial score (nSPS) is 11.3. The van der Waals surface area contributed by atoms with Crippen molar-refractivity contribution in [2.24, 2.45) is 0 Å². The molecule has 18 heavy (non-hydrogen) atoms. The van der Waals surface area contributed by atoms with Gasteiger partial charge < -0.3 is 9.47 Å². The van der Waals surface area contributed by atoms with Crippen molar-refractivity contribution < 1.29 is 17.9 Å². The molecular formula is C11H16ClNO4S. The highest BCUT2D eigenvalue weighted by atomic mass is 35.5. The van der Waals surface area contributed by atoms with Gasteiger partial charge in [-0.25, -0.2) is 13.1 Å². The zero-order valence-electron chi connectivity index (χ0n) is 10.3. The number of ether oxygens (including phenoxy) is 2. The van der Waals surface area contributed by atoms with Crippen molar-refractivity contribution in [3.8, 4) is 11.5 Å². The van der Waals surface area contributed by atoms with Gasteiger partial charge in [0, 0.05) is 18.5 Å². The zero-order chi connectivity index (χ0) is 13.6. The van der Waals surface area contributed by atoms with Gasteiger partial charge in [-0.05, 0) is 18.6 Å². The molecule has 102 valence electrons. The highest BCUT2D eigenvalue weighted by Crippen LogP contribution is 2.27. The van der Waals surface area contributed by atoms with E-state index in [0.717, 1.165) is 0 Å². The quantitative estimate of drug-likeness (QED) is 0.613. The smallest absolute Gasteiger partial charge is 0.244 e. The number of sulfonamides is 1. The molecule has 0 aliphatic rings. The number of rotatable bonds is 7. The summed E-state index contributed by atoms with van der Waals surface area (Å²) in [6.45, 7) is 0.284. The van der Waals surface area contributed by atoms with Gasteiger partial charge in [-0.2, -0.15) is 0 Å². The molecule has 0 aromatic heterocycles. The van der Waals surface area contributed by atoms with Gasteiger partial charge in [-0.3, -0.25) is 0 Å². The predicted octanol–water partition coefficient (Wildman–Crippen LogP) is 1.61. The lowest BCUT2D eigenvalue weighted by Gasteiger charge is -2.11. The number of alkyl halides is 1. The number of methoxy groups -OCH3 is 2. The average molecular weight is 294 g/mol. The summed E-state index contributed by atoms with van der Waals surface area (Å²) >= 11 is 5.50. The van der Waals surface area contributed by atoms with Crippen molar-refractivity contribution in [3.05, 3.63) is 18.2 Å². The Morgan fingerprint density at radius 2 is 2.00 bits per heavy atom. The molecule has 0 aliphatic carbocycles. The second kappa shape index (κ2) is 6.82. The van der Waals surface area contributed by atoms with E-state index >= 15 is 0 Å². The van der Waals surface area contributed by atoms with Crippen LogP contribution in [-0.4, -0.2) is 35.1 Å². The van der Waals surface area contributed by atoms with Gasteiger partial charge in [-0.1, -0.05) is 0 Å². The highest BCUT2D eigenvalue weighted by Gasteiger charge is 2.19. The lowest BCUT2D eigenvalue weighted by molar-refractivity contribution is 0.392. The van der Waals surface area contributed by atoms with Crippen LogP contribution < -0.4 is 14.2 Å². The molecule has 0 fully saturated rings. The third-order valence-electron chi connectivity index (χ3n) is 2.26. The minimum Gasteiger partial charge on any atom is -0.497 e. The SMILES string of the molecule is COc1ccc(OC)c(S(=O)(=O)NCCCCl)c1. The third kappa shape index (κ3) is 3.76. The lowest BCUT2D eigenvalue weighted by atomic mass is 10.3. The maximum Gasteiger partial charge on any atom is 0.244 e. The van der Waals surface area contributed by atoms with Crippen LogP contribution in [0.2, 0.25) is 0 Å². The maximum absolute atomic E-state index is 12.1. The molecular weight excluding hydrogens is 278 g/mol. The molecule has 0 heterocycles. The summed E-state index contributed by atoms with van der Waals surface area (Å²) in [5.74, 6) is 1.13. The van der Waals surface area contributed by atoms with Gasteiger partial charge in [0.25, 0.3) is 0 Å². The fraction of sp³-hybridized carbons (Fsp3) is 0.455. The number of halogens is 1. The Morgan fingerprint density at radius 3 is 2.56 bits per heavy atom. The minimum atomic E-state index is -3.62. The molecule has 0 aliphatic heterocycles. The van der Waals surface area contributed by atoms with Gasteiger partial charge in [0.2, 0.25) is 10.0 Å². The largest absolute Gasteiger partial charge is 0.497 e. The summed E-state index contributed by atoms with van der Waals surface area (Å²) in [6, 6.07) is 4.60. The zero-order valence-corrected chi connectivity index (χ0v) is 11.8. The molecule has 0 unspecified atom stereocenters. The van der Waals surface area contributed by atoms with E-state index in [1.54, 1.807) is 12.1 Å². The van der Waals surface area contributed by atoms with Gasteiger partial charge in [-0.15, -0.1) is 11.6 Å². The Labute approximate surface area is 112 Å². The molecule has 0 saturated carbocycles.